The quantitative estimate of drug-likeness (QED) is 0.769. The van der Waals surface area contributed by atoms with Crippen molar-refractivity contribution in [2.75, 3.05) is 11.9 Å². The fraction of sp³-hybridized carbons (Fsp3) is 0.444. The molecule has 80 valence electrons. The van der Waals surface area contributed by atoms with Crippen molar-refractivity contribution >= 4 is 17.0 Å². The number of aromatic nitrogens is 3. The highest BCUT2D eigenvalue weighted by Gasteiger charge is 2.07. The van der Waals surface area contributed by atoms with Crippen molar-refractivity contribution in [1.29, 1.82) is 0 Å². The zero-order valence-corrected chi connectivity index (χ0v) is 8.69. The summed E-state index contributed by atoms with van der Waals surface area (Å²) in [6.45, 7) is 4.39. The first-order valence-electron chi connectivity index (χ1n) is 4.75. The number of nitrogens with two attached hydrogens (primary N) is 1. The molecule has 15 heavy (non-hydrogen) atoms. The second-order valence-electron chi connectivity index (χ2n) is 3.53. The molecule has 2 aromatic rings. The van der Waals surface area contributed by atoms with E-state index in [2.05, 4.69) is 20.4 Å². The molecule has 0 aliphatic rings. The molecule has 0 amide bonds. The Balaban J connectivity index is 2.25. The lowest BCUT2D eigenvalue weighted by Crippen LogP contribution is -2.25. The van der Waals surface area contributed by atoms with Gasteiger partial charge >= 0.3 is 0 Å². The van der Waals surface area contributed by atoms with Crippen LogP contribution in [-0.2, 0) is 0 Å². The minimum absolute atomic E-state index is 0.0628. The third-order valence-corrected chi connectivity index (χ3v) is 1.96. The highest BCUT2D eigenvalue weighted by atomic mass is 16.5. The zero-order chi connectivity index (χ0) is 10.8. The van der Waals surface area contributed by atoms with Crippen LogP contribution in [0.4, 0.5) is 5.95 Å². The highest BCUT2D eigenvalue weighted by Crippen LogP contribution is 2.15. The normalized spacial score (nSPS) is 13.0. The SMILES string of the molecule is Cc1noc2cnc(NCC(C)N)nc12. The number of rotatable bonds is 3. The van der Waals surface area contributed by atoms with Crippen molar-refractivity contribution in [2.24, 2.45) is 5.73 Å². The molecule has 6 nitrogen and oxygen atoms in total. The lowest BCUT2D eigenvalue weighted by atomic mass is 10.3. The van der Waals surface area contributed by atoms with Gasteiger partial charge in [-0.15, -0.1) is 0 Å². The Kier molecular flexibility index (Phi) is 2.51. The van der Waals surface area contributed by atoms with Crippen LogP contribution in [0.25, 0.3) is 11.1 Å². The van der Waals surface area contributed by atoms with Gasteiger partial charge in [-0.25, -0.2) is 9.97 Å². The molecule has 2 rings (SSSR count). The molecule has 0 fully saturated rings. The second kappa shape index (κ2) is 3.82. The Morgan fingerprint density at radius 1 is 1.60 bits per heavy atom. The van der Waals surface area contributed by atoms with E-state index in [1.54, 1.807) is 6.20 Å². The van der Waals surface area contributed by atoms with Gasteiger partial charge in [0.05, 0.1) is 6.20 Å². The molecule has 0 aromatic carbocycles. The highest BCUT2D eigenvalue weighted by molar-refractivity contribution is 5.74. The van der Waals surface area contributed by atoms with Crippen molar-refractivity contribution in [1.82, 2.24) is 15.1 Å². The fourth-order valence-corrected chi connectivity index (χ4v) is 1.20. The standard InChI is InChI=1S/C9H13N5O/c1-5(10)3-11-9-12-4-7-8(13-9)6(2)14-15-7/h4-5H,3,10H2,1-2H3,(H,11,12,13). The summed E-state index contributed by atoms with van der Waals surface area (Å²) in [6, 6.07) is 0.0628. The van der Waals surface area contributed by atoms with Crippen LogP contribution in [0.3, 0.4) is 0 Å². The van der Waals surface area contributed by atoms with E-state index >= 15 is 0 Å². The molecule has 6 heteroatoms. The average molecular weight is 207 g/mol. The summed E-state index contributed by atoms with van der Waals surface area (Å²) in [6.07, 6.45) is 1.60. The first-order chi connectivity index (χ1) is 7.16. The zero-order valence-electron chi connectivity index (χ0n) is 8.69. The van der Waals surface area contributed by atoms with Gasteiger partial charge in [-0.2, -0.15) is 0 Å². The number of anilines is 1. The lowest BCUT2D eigenvalue weighted by Gasteiger charge is -2.06. The van der Waals surface area contributed by atoms with Crippen molar-refractivity contribution in [2.45, 2.75) is 19.9 Å². The second-order valence-corrected chi connectivity index (χ2v) is 3.53. The van der Waals surface area contributed by atoms with Crippen molar-refractivity contribution in [3.8, 4) is 0 Å². The molecular weight excluding hydrogens is 194 g/mol. The van der Waals surface area contributed by atoms with E-state index in [0.717, 1.165) is 11.2 Å². The molecule has 0 saturated carbocycles. The molecule has 1 atom stereocenters. The predicted octanol–water partition coefficient (Wildman–Crippen LogP) is 0.685. The van der Waals surface area contributed by atoms with E-state index in [1.165, 1.54) is 0 Å². The smallest absolute Gasteiger partial charge is 0.223 e. The molecule has 0 saturated heterocycles. The van der Waals surface area contributed by atoms with Gasteiger partial charge in [0.15, 0.2) is 0 Å². The van der Waals surface area contributed by atoms with Gasteiger partial charge in [-0.3, -0.25) is 0 Å². The Bertz CT molecular complexity index is 464. The number of aryl methyl sites for hydroxylation is 1. The monoisotopic (exact) mass is 207 g/mol. The minimum atomic E-state index is 0.0628. The first-order valence-corrected chi connectivity index (χ1v) is 4.75. The summed E-state index contributed by atoms with van der Waals surface area (Å²) in [5.74, 6) is 0.547. The van der Waals surface area contributed by atoms with Crippen LogP contribution in [0.2, 0.25) is 0 Å². The maximum atomic E-state index is 5.61. The molecule has 0 aliphatic carbocycles. The van der Waals surface area contributed by atoms with Gasteiger partial charge in [-0.1, -0.05) is 5.16 Å². The van der Waals surface area contributed by atoms with Gasteiger partial charge < -0.3 is 15.6 Å². The van der Waals surface area contributed by atoms with E-state index in [0.29, 0.717) is 18.1 Å². The Morgan fingerprint density at radius 3 is 3.13 bits per heavy atom. The molecule has 0 bridgehead atoms. The Labute approximate surface area is 86.9 Å². The van der Waals surface area contributed by atoms with Crippen LogP contribution in [0.5, 0.6) is 0 Å². The number of fused-ring (bicyclic) bond motifs is 1. The van der Waals surface area contributed by atoms with Gasteiger partial charge in [0.1, 0.15) is 11.2 Å². The molecular formula is C9H13N5O. The van der Waals surface area contributed by atoms with E-state index in [9.17, 15) is 0 Å². The Hall–Kier alpha value is -1.69. The van der Waals surface area contributed by atoms with Crippen LogP contribution in [0.15, 0.2) is 10.7 Å². The third-order valence-electron chi connectivity index (χ3n) is 1.96. The summed E-state index contributed by atoms with van der Waals surface area (Å²) >= 11 is 0. The summed E-state index contributed by atoms with van der Waals surface area (Å²) in [5, 5.41) is 6.84. The number of nitrogens with zero attached hydrogens (tertiary/aromatic N) is 3. The molecule has 2 heterocycles. The topological polar surface area (TPSA) is 89.9 Å². The first kappa shape index (κ1) is 9.85. The van der Waals surface area contributed by atoms with E-state index in [1.807, 2.05) is 13.8 Å². The third kappa shape index (κ3) is 2.04. The van der Waals surface area contributed by atoms with E-state index in [-0.39, 0.29) is 6.04 Å². The van der Waals surface area contributed by atoms with Crippen LogP contribution in [-0.4, -0.2) is 27.7 Å². The van der Waals surface area contributed by atoms with E-state index < -0.39 is 0 Å². The van der Waals surface area contributed by atoms with Crippen LogP contribution >= 0.6 is 0 Å². The van der Waals surface area contributed by atoms with Crippen molar-refractivity contribution < 1.29 is 4.52 Å². The molecule has 3 N–H and O–H groups in total. The van der Waals surface area contributed by atoms with Crippen molar-refractivity contribution in [3.05, 3.63) is 11.9 Å². The largest absolute Gasteiger partial charge is 0.353 e. The number of nitrogens with one attached hydrogen (secondary N) is 1. The summed E-state index contributed by atoms with van der Waals surface area (Å²) in [7, 11) is 0. The summed E-state index contributed by atoms with van der Waals surface area (Å²) in [4.78, 5) is 8.35. The summed E-state index contributed by atoms with van der Waals surface area (Å²) < 4.78 is 5.00. The van der Waals surface area contributed by atoms with Gasteiger partial charge in [0.2, 0.25) is 11.5 Å². The molecule has 0 radical (unpaired) electrons. The maximum Gasteiger partial charge on any atom is 0.223 e. The van der Waals surface area contributed by atoms with E-state index in [4.69, 9.17) is 10.3 Å². The van der Waals surface area contributed by atoms with Crippen LogP contribution in [0.1, 0.15) is 12.6 Å². The van der Waals surface area contributed by atoms with Crippen molar-refractivity contribution in [3.63, 3.8) is 0 Å². The molecule has 0 aliphatic heterocycles. The maximum absolute atomic E-state index is 5.61. The number of hydrogen-bond acceptors (Lipinski definition) is 6. The van der Waals surface area contributed by atoms with Gasteiger partial charge in [-0.05, 0) is 13.8 Å². The molecule has 0 spiro atoms. The average Bonchev–Trinajstić information content (AvgIpc) is 2.57. The van der Waals surface area contributed by atoms with Crippen LogP contribution in [0, 0.1) is 6.92 Å². The van der Waals surface area contributed by atoms with Gasteiger partial charge in [0.25, 0.3) is 0 Å². The van der Waals surface area contributed by atoms with Gasteiger partial charge in [0, 0.05) is 12.6 Å². The minimum Gasteiger partial charge on any atom is -0.353 e. The predicted molar refractivity (Wildman–Crippen MR) is 56.5 cm³/mol. The number of hydrogen-bond donors (Lipinski definition) is 2. The van der Waals surface area contributed by atoms with Crippen LogP contribution < -0.4 is 11.1 Å². The molecule has 1 unspecified atom stereocenters. The summed E-state index contributed by atoms with van der Waals surface area (Å²) in [5.41, 5.74) is 7.70. The fourth-order valence-electron chi connectivity index (χ4n) is 1.20. The lowest BCUT2D eigenvalue weighted by molar-refractivity contribution is 0.449. The molecule has 2 aromatic heterocycles. The Morgan fingerprint density at radius 2 is 2.40 bits per heavy atom.